The summed E-state index contributed by atoms with van der Waals surface area (Å²) in [5, 5.41) is 3.52. The Bertz CT molecular complexity index is 362. The Balaban J connectivity index is 2.53. The Kier molecular flexibility index (Phi) is 8.56. The van der Waals surface area contributed by atoms with Crippen molar-refractivity contribution in [3.8, 4) is 0 Å². The van der Waals surface area contributed by atoms with Crippen LogP contribution in [-0.2, 0) is 4.74 Å². The van der Waals surface area contributed by atoms with E-state index in [2.05, 4.69) is 50.4 Å². The fraction of sp³-hybridized carbons (Fsp3) is 0.667. The van der Waals surface area contributed by atoms with Crippen LogP contribution in [0, 0.1) is 12.8 Å². The topological polar surface area (TPSA) is 21.3 Å². The van der Waals surface area contributed by atoms with Crippen LogP contribution in [0.4, 0.5) is 0 Å². The van der Waals surface area contributed by atoms with E-state index in [1.807, 2.05) is 0 Å². The smallest absolute Gasteiger partial charge is 0.0587 e. The van der Waals surface area contributed by atoms with Gasteiger partial charge in [-0.25, -0.2) is 0 Å². The molecule has 2 nitrogen and oxygen atoms in total. The van der Waals surface area contributed by atoms with Gasteiger partial charge in [-0.05, 0) is 30.7 Å². The minimum absolute atomic E-state index is 0.616. The van der Waals surface area contributed by atoms with Crippen molar-refractivity contribution in [2.45, 2.75) is 46.0 Å². The highest BCUT2D eigenvalue weighted by atomic mass is 16.5. The number of methoxy groups -OCH3 is 1. The third kappa shape index (κ3) is 7.06. The first kappa shape index (κ1) is 17.2. The standard InChI is InChI=1S/C18H31NO/c1-15(2)7-5-10-18(14-19-11-12-20-4)17-9-6-8-16(3)13-17/h6,8-9,13,15,18-19H,5,7,10-12,14H2,1-4H3. The van der Waals surface area contributed by atoms with Crippen LogP contribution in [0.5, 0.6) is 0 Å². The highest BCUT2D eigenvalue weighted by molar-refractivity contribution is 5.25. The Morgan fingerprint density at radius 2 is 2.00 bits per heavy atom. The Morgan fingerprint density at radius 3 is 2.65 bits per heavy atom. The van der Waals surface area contributed by atoms with Crippen molar-refractivity contribution in [2.24, 2.45) is 5.92 Å². The molecule has 0 fully saturated rings. The monoisotopic (exact) mass is 277 g/mol. The summed E-state index contributed by atoms with van der Waals surface area (Å²) in [6.45, 7) is 9.55. The van der Waals surface area contributed by atoms with E-state index in [0.29, 0.717) is 5.92 Å². The molecule has 0 heterocycles. The van der Waals surface area contributed by atoms with Gasteiger partial charge in [0.25, 0.3) is 0 Å². The highest BCUT2D eigenvalue weighted by Crippen LogP contribution is 2.23. The molecule has 2 heteroatoms. The molecule has 0 spiro atoms. The zero-order valence-corrected chi connectivity index (χ0v) is 13.6. The van der Waals surface area contributed by atoms with Crippen molar-refractivity contribution in [3.63, 3.8) is 0 Å². The van der Waals surface area contributed by atoms with Crippen LogP contribution in [0.1, 0.15) is 50.2 Å². The lowest BCUT2D eigenvalue weighted by Crippen LogP contribution is -2.25. The Hall–Kier alpha value is -0.860. The summed E-state index contributed by atoms with van der Waals surface area (Å²) < 4.78 is 5.10. The van der Waals surface area contributed by atoms with Gasteiger partial charge in [0.05, 0.1) is 6.61 Å². The van der Waals surface area contributed by atoms with E-state index in [1.165, 1.54) is 30.4 Å². The van der Waals surface area contributed by atoms with Gasteiger partial charge in [0.2, 0.25) is 0 Å². The number of aryl methyl sites for hydroxylation is 1. The van der Waals surface area contributed by atoms with Gasteiger partial charge in [0, 0.05) is 20.2 Å². The quantitative estimate of drug-likeness (QED) is 0.649. The number of hydrogen-bond donors (Lipinski definition) is 1. The SMILES string of the molecule is COCCNCC(CCCC(C)C)c1cccc(C)c1. The first-order valence-electron chi connectivity index (χ1n) is 7.89. The molecular formula is C18H31NO. The molecule has 114 valence electrons. The first-order valence-corrected chi connectivity index (χ1v) is 7.89. The third-order valence-corrected chi connectivity index (χ3v) is 3.72. The Labute approximate surface area is 124 Å². The minimum Gasteiger partial charge on any atom is -0.383 e. The van der Waals surface area contributed by atoms with E-state index in [1.54, 1.807) is 7.11 Å². The maximum Gasteiger partial charge on any atom is 0.0587 e. The fourth-order valence-corrected chi connectivity index (χ4v) is 2.53. The van der Waals surface area contributed by atoms with Crippen LogP contribution in [0.2, 0.25) is 0 Å². The van der Waals surface area contributed by atoms with E-state index in [0.717, 1.165) is 25.6 Å². The number of rotatable bonds is 10. The minimum atomic E-state index is 0.616. The van der Waals surface area contributed by atoms with Gasteiger partial charge in [-0.15, -0.1) is 0 Å². The lowest BCUT2D eigenvalue weighted by atomic mass is 9.91. The molecule has 0 amide bonds. The third-order valence-electron chi connectivity index (χ3n) is 3.72. The summed E-state index contributed by atoms with van der Waals surface area (Å²) in [5.41, 5.74) is 2.83. The highest BCUT2D eigenvalue weighted by Gasteiger charge is 2.11. The second-order valence-electron chi connectivity index (χ2n) is 6.13. The molecule has 0 saturated heterocycles. The van der Waals surface area contributed by atoms with Crippen molar-refractivity contribution < 1.29 is 4.74 Å². The van der Waals surface area contributed by atoms with E-state index in [9.17, 15) is 0 Å². The van der Waals surface area contributed by atoms with Gasteiger partial charge in [0.1, 0.15) is 0 Å². The van der Waals surface area contributed by atoms with Gasteiger partial charge in [0.15, 0.2) is 0 Å². The summed E-state index contributed by atoms with van der Waals surface area (Å²) in [6.07, 6.45) is 3.89. The fourth-order valence-electron chi connectivity index (χ4n) is 2.53. The molecule has 0 aromatic heterocycles. The van der Waals surface area contributed by atoms with E-state index >= 15 is 0 Å². The van der Waals surface area contributed by atoms with E-state index in [-0.39, 0.29) is 0 Å². The second-order valence-corrected chi connectivity index (χ2v) is 6.13. The molecule has 1 N–H and O–H groups in total. The van der Waals surface area contributed by atoms with Gasteiger partial charge < -0.3 is 10.1 Å². The molecule has 1 rings (SSSR count). The summed E-state index contributed by atoms with van der Waals surface area (Å²) in [7, 11) is 1.75. The van der Waals surface area contributed by atoms with Gasteiger partial charge in [-0.1, -0.05) is 56.5 Å². The summed E-state index contributed by atoms with van der Waals surface area (Å²) in [5.74, 6) is 1.42. The maximum absolute atomic E-state index is 5.10. The maximum atomic E-state index is 5.10. The van der Waals surface area contributed by atoms with Gasteiger partial charge >= 0.3 is 0 Å². The molecule has 0 radical (unpaired) electrons. The van der Waals surface area contributed by atoms with Crippen LogP contribution < -0.4 is 5.32 Å². The lowest BCUT2D eigenvalue weighted by molar-refractivity contribution is 0.198. The van der Waals surface area contributed by atoms with Crippen molar-refractivity contribution in [3.05, 3.63) is 35.4 Å². The van der Waals surface area contributed by atoms with Gasteiger partial charge in [-0.2, -0.15) is 0 Å². The summed E-state index contributed by atoms with van der Waals surface area (Å²) in [4.78, 5) is 0. The number of ether oxygens (including phenoxy) is 1. The van der Waals surface area contributed by atoms with Crippen LogP contribution in [0.15, 0.2) is 24.3 Å². The molecule has 0 aliphatic carbocycles. The van der Waals surface area contributed by atoms with Crippen LogP contribution in [0.25, 0.3) is 0 Å². The molecule has 0 aliphatic rings. The molecule has 1 atom stereocenters. The van der Waals surface area contributed by atoms with Crippen LogP contribution in [-0.4, -0.2) is 26.8 Å². The zero-order valence-electron chi connectivity index (χ0n) is 13.6. The molecule has 1 aromatic carbocycles. The van der Waals surface area contributed by atoms with E-state index in [4.69, 9.17) is 4.74 Å². The number of hydrogen-bond acceptors (Lipinski definition) is 2. The van der Waals surface area contributed by atoms with Crippen LogP contribution in [0.3, 0.4) is 0 Å². The van der Waals surface area contributed by atoms with Crippen LogP contribution >= 0.6 is 0 Å². The molecule has 20 heavy (non-hydrogen) atoms. The lowest BCUT2D eigenvalue weighted by Gasteiger charge is -2.19. The number of benzene rings is 1. The van der Waals surface area contributed by atoms with E-state index < -0.39 is 0 Å². The zero-order chi connectivity index (χ0) is 14.8. The van der Waals surface area contributed by atoms with Crippen molar-refractivity contribution in [2.75, 3.05) is 26.8 Å². The summed E-state index contributed by atoms with van der Waals surface area (Å²) >= 11 is 0. The predicted octanol–water partition coefficient (Wildman–Crippen LogP) is 4.14. The second kappa shape index (κ2) is 9.95. The largest absolute Gasteiger partial charge is 0.383 e. The molecule has 0 aliphatic heterocycles. The molecule has 0 saturated carbocycles. The molecular weight excluding hydrogens is 246 g/mol. The van der Waals surface area contributed by atoms with Crippen molar-refractivity contribution in [1.82, 2.24) is 5.32 Å². The van der Waals surface area contributed by atoms with Crippen molar-refractivity contribution in [1.29, 1.82) is 0 Å². The molecule has 0 bridgehead atoms. The molecule has 1 unspecified atom stereocenters. The van der Waals surface area contributed by atoms with Gasteiger partial charge in [-0.3, -0.25) is 0 Å². The normalized spacial score (nSPS) is 12.8. The number of nitrogens with one attached hydrogen (secondary N) is 1. The Morgan fingerprint density at radius 1 is 1.20 bits per heavy atom. The molecule has 1 aromatic rings. The predicted molar refractivity (Wildman–Crippen MR) is 87.4 cm³/mol. The summed E-state index contributed by atoms with van der Waals surface area (Å²) in [6, 6.07) is 8.95. The average molecular weight is 277 g/mol. The average Bonchev–Trinajstić information content (AvgIpc) is 2.41. The first-order chi connectivity index (χ1) is 9.63. The van der Waals surface area contributed by atoms with Crippen molar-refractivity contribution >= 4 is 0 Å².